The molecule has 0 aromatic heterocycles. The van der Waals surface area contributed by atoms with E-state index in [0.29, 0.717) is 0 Å². The standard InChI is InChI=1S/C11H15NO2.C2H6O.C2H4/c1-4-9(5-2)8-12-11(6-7-11)10(13)14-3;1-2-3;1-2/h4-5,8H,1,6-7H2,2-3H3;3H,2H2,1H3;1-2H2/b9-5+,12-8?;;. The quantitative estimate of drug-likeness (QED) is 0.369. The van der Waals surface area contributed by atoms with Gasteiger partial charge in [0, 0.05) is 12.8 Å². The molecule has 1 aliphatic rings. The van der Waals surface area contributed by atoms with Gasteiger partial charge < -0.3 is 9.84 Å². The van der Waals surface area contributed by atoms with Gasteiger partial charge in [0.25, 0.3) is 0 Å². The Labute approximate surface area is 116 Å². The zero-order valence-electron chi connectivity index (χ0n) is 12.2. The van der Waals surface area contributed by atoms with Crippen molar-refractivity contribution in [3.05, 3.63) is 37.5 Å². The van der Waals surface area contributed by atoms with E-state index in [1.165, 1.54) is 7.11 Å². The van der Waals surface area contributed by atoms with Crippen LogP contribution in [0.25, 0.3) is 0 Å². The van der Waals surface area contributed by atoms with Gasteiger partial charge in [-0.05, 0) is 32.3 Å². The average Bonchev–Trinajstić information content (AvgIpc) is 3.23. The van der Waals surface area contributed by atoms with Gasteiger partial charge in [0.15, 0.2) is 5.54 Å². The Morgan fingerprint density at radius 2 is 1.95 bits per heavy atom. The van der Waals surface area contributed by atoms with Crippen molar-refractivity contribution in [1.82, 2.24) is 0 Å². The first-order chi connectivity index (χ1) is 9.10. The van der Waals surface area contributed by atoms with E-state index in [4.69, 9.17) is 5.11 Å². The third kappa shape index (κ3) is 7.36. The average molecular weight is 267 g/mol. The summed E-state index contributed by atoms with van der Waals surface area (Å²) in [7, 11) is 1.39. The van der Waals surface area contributed by atoms with Gasteiger partial charge in [-0.1, -0.05) is 18.7 Å². The molecule has 0 aromatic carbocycles. The van der Waals surface area contributed by atoms with E-state index in [-0.39, 0.29) is 12.6 Å². The minimum absolute atomic E-state index is 0.242. The first kappa shape index (κ1) is 19.7. The lowest BCUT2D eigenvalue weighted by Gasteiger charge is -2.05. The molecule has 0 heterocycles. The third-order valence-corrected chi connectivity index (χ3v) is 2.32. The number of nitrogens with zero attached hydrogens (tertiary/aromatic N) is 1. The number of carbonyl (C=O) groups is 1. The summed E-state index contributed by atoms with van der Waals surface area (Å²) < 4.78 is 4.68. The summed E-state index contributed by atoms with van der Waals surface area (Å²) in [5.41, 5.74) is 0.326. The van der Waals surface area contributed by atoms with Crippen LogP contribution in [0.5, 0.6) is 0 Å². The van der Waals surface area contributed by atoms with Crippen LogP contribution in [0.2, 0.25) is 0 Å². The molecule has 1 aliphatic carbocycles. The minimum atomic E-state index is -0.591. The molecule has 108 valence electrons. The Hall–Kier alpha value is -1.68. The first-order valence-electron chi connectivity index (χ1n) is 6.13. The van der Waals surface area contributed by atoms with Crippen molar-refractivity contribution in [2.24, 2.45) is 4.99 Å². The van der Waals surface area contributed by atoms with E-state index in [1.807, 2.05) is 13.0 Å². The van der Waals surface area contributed by atoms with Crippen molar-refractivity contribution in [1.29, 1.82) is 0 Å². The number of ether oxygens (including phenoxy) is 1. The fourth-order valence-corrected chi connectivity index (χ4v) is 1.14. The first-order valence-corrected chi connectivity index (χ1v) is 6.13. The van der Waals surface area contributed by atoms with Gasteiger partial charge in [-0.25, -0.2) is 4.79 Å². The van der Waals surface area contributed by atoms with Crippen molar-refractivity contribution in [2.75, 3.05) is 13.7 Å². The lowest BCUT2D eigenvalue weighted by molar-refractivity contribution is -0.143. The number of allylic oxidation sites excluding steroid dienone is 3. The summed E-state index contributed by atoms with van der Waals surface area (Å²) in [6.07, 6.45) is 6.84. The van der Waals surface area contributed by atoms with Crippen LogP contribution >= 0.6 is 0 Å². The van der Waals surface area contributed by atoms with E-state index in [9.17, 15) is 4.79 Å². The molecule has 0 atom stereocenters. The molecule has 0 aliphatic heterocycles. The summed E-state index contributed by atoms with van der Waals surface area (Å²) in [6, 6.07) is 0. The van der Waals surface area contributed by atoms with E-state index in [1.54, 1.807) is 19.2 Å². The lowest BCUT2D eigenvalue weighted by Crippen LogP contribution is -2.21. The monoisotopic (exact) mass is 267 g/mol. The summed E-state index contributed by atoms with van der Waals surface area (Å²) >= 11 is 0. The molecular formula is C15H25NO3. The zero-order valence-corrected chi connectivity index (χ0v) is 12.2. The van der Waals surface area contributed by atoms with Gasteiger partial charge in [0.05, 0.1) is 7.11 Å². The highest BCUT2D eigenvalue weighted by molar-refractivity contribution is 5.90. The molecule has 1 N–H and O–H groups in total. The van der Waals surface area contributed by atoms with Gasteiger partial charge in [0.2, 0.25) is 0 Å². The predicted octanol–water partition coefficient (Wildman–Crippen LogP) is 2.70. The van der Waals surface area contributed by atoms with Crippen molar-refractivity contribution in [3.63, 3.8) is 0 Å². The SMILES string of the molecule is C=C.C=C/C(C=NC1(C(=O)OC)CC1)=C\C.CCO. The number of aliphatic hydroxyl groups is 1. The zero-order chi connectivity index (χ0) is 15.3. The number of esters is 1. The second-order valence-electron chi connectivity index (χ2n) is 3.59. The molecule has 0 bridgehead atoms. The van der Waals surface area contributed by atoms with Crippen molar-refractivity contribution in [3.8, 4) is 0 Å². The van der Waals surface area contributed by atoms with Crippen molar-refractivity contribution < 1.29 is 14.6 Å². The van der Waals surface area contributed by atoms with Crippen LogP contribution in [0.15, 0.2) is 42.5 Å². The second kappa shape index (κ2) is 11.4. The fraction of sp³-hybridized carbons (Fsp3) is 0.467. The molecule has 0 saturated heterocycles. The number of aliphatic hydroxyl groups excluding tert-OH is 1. The van der Waals surface area contributed by atoms with Crippen LogP contribution in [0, 0.1) is 0 Å². The summed E-state index contributed by atoms with van der Waals surface area (Å²) in [4.78, 5) is 15.5. The Bertz CT molecular complexity index is 328. The number of methoxy groups -OCH3 is 1. The maximum absolute atomic E-state index is 11.3. The second-order valence-corrected chi connectivity index (χ2v) is 3.59. The fourth-order valence-electron chi connectivity index (χ4n) is 1.14. The highest BCUT2D eigenvalue weighted by Crippen LogP contribution is 2.40. The maximum atomic E-state index is 11.3. The van der Waals surface area contributed by atoms with Crippen LogP contribution in [0.3, 0.4) is 0 Å². The highest BCUT2D eigenvalue weighted by Gasteiger charge is 2.50. The molecule has 1 fully saturated rings. The van der Waals surface area contributed by atoms with Crippen molar-refractivity contribution >= 4 is 12.2 Å². The number of hydrogen-bond donors (Lipinski definition) is 1. The van der Waals surface area contributed by atoms with E-state index in [2.05, 4.69) is 29.5 Å². The Morgan fingerprint density at radius 3 is 2.21 bits per heavy atom. The lowest BCUT2D eigenvalue weighted by atomic mass is 10.2. The summed E-state index contributed by atoms with van der Waals surface area (Å²) in [5.74, 6) is -0.242. The number of hydrogen-bond acceptors (Lipinski definition) is 4. The number of carbonyl (C=O) groups excluding carboxylic acids is 1. The maximum Gasteiger partial charge on any atom is 0.333 e. The van der Waals surface area contributed by atoms with E-state index in [0.717, 1.165) is 18.4 Å². The van der Waals surface area contributed by atoms with E-state index >= 15 is 0 Å². The molecule has 4 heteroatoms. The number of aliphatic imine (C=N–C) groups is 1. The van der Waals surface area contributed by atoms with Crippen LogP contribution < -0.4 is 0 Å². The normalized spacial score (nSPS) is 15.5. The molecular weight excluding hydrogens is 242 g/mol. The van der Waals surface area contributed by atoms with Crippen LogP contribution in [0.1, 0.15) is 26.7 Å². The molecule has 0 amide bonds. The van der Waals surface area contributed by atoms with E-state index < -0.39 is 5.54 Å². The van der Waals surface area contributed by atoms with Gasteiger partial charge in [-0.3, -0.25) is 4.99 Å². The molecule has 19 heavy (non-hydrogen) atoms. The molecule has 1 rings (SSSR count). The molecule has 4 nitrogen and oxygen atoms in total. The molecule has 0 unspecified atom stereocenters. The van der Waals surface area contributed by atoms with Crippen LogP contribution in [-0.4, -0.2) is 36.5 Å². The predicted molar refractivity (Wildman–Crippen MR) is 80.4 cm³/mol. The molecule has 0 spiro atoms. The van der Waals surface area contributed by atoms with Gasteiger partial charge in [-0.2, -0.15) is 0 Å². The van der Waals surface area contributed by atoms with Gasteiger partial charge >= 0.3 is 5.97 Å². The smallest absolute Gasteiger partial charge is 0.333 e. The number of rotatable bonds is 4. The van der Waals surface area contributed by atoms with Crippen LogP contribution in [0.4, 0.5) is 0 Å². The Balaban J connectivity index is 0. The summed E-state index contributed by atoms with van der Waals surface area (Å²) in [6.45, 7) is 13.5. The van der Waals surface area contributed by atoms with Gasteiger partial charge in [0.1, 0.15) is 0 Å². The minimum Gasteiger partial charge on any atom is -0.467 e. The van der Waals surface area contributed by atoms with Crippen molar-refractivity contribution in [2.45, 2.75) is 32.2 Å². The Kier molecular flexibility index (Phi) is 11.8. The van der Waals surface area contributed by atoms with Crippen LogP contribution in [-0.2, 0) is 9.53 Å². The molecule has 0 radical (unpaired) electrons. The largest absolute Gasteiger partial charge is 0.467 e. The Morgan fingerprint density at radius 1 is 1.47 bits per heavy atom. The van der Waals surface area contributed by atoms with Gasteiger partial charge in [-0.15, -0.1) is 13.2 Å². The summed E-state index contributed by atoms with van der Waals surface area (Å²) in [5, 5.41) is 7.57. The topological polar surface area (TPSA) is 58.9 Å². The molecule has 1 saturated carbocycles. The third-order valence-electron chi connectivity index (χ3n) is 2.32. The highest BCUT2D eigenvalue weighted by atomic mass is 16.5. The molecule has 0 aromatic rings.